The van der Waals surface area contributed by atoms with E-state index in [-0.39, 0.29) is 5.57 Å². The molecule has 0 unspecified atom stereocenters. The van der Waals surface area contributed by atoms with Crippen molar-refractivity contribution < 1.29 is 8.78 Å². The first-order valence-corrected chi connectivity index (χ1v) is 3.11. The minimum absolute atomic E-state index is 0.0914. The molecule has 0 saturated heterocycles. The van der Waals surface area contributed by atoms with Crippen molar-refractivity contribution >= 4 is 0 Å². The maximum absolute atomic E-state index is 12.6. The molecule has 0 aromatic heterocycles. The number of rotatable bonds is 0. The van der Waals surface area contributed by atoms with Gasteiger partial charge in [0.25, 0.3) is 0 Å². The highest BCUT2D eigenvalue weighted by Gasteiger charge is 2.05. The predicted octanol–water partition coefficient (Wildman–Crippen LogP) is 3.04. The molecular weight excluding hydrogens is 134 g/mol. The lowest BCUT2D eigenvalue weighted by Crippen LogP contribution is -1.78. The highest BCUT2D eigenvalue weighted by molar-refractivity contribution is 5.34. The summed E-state index contributed by atoms with van der Waals surface area (Å²) in [6, 6.07) is 0. The molecule has 2 heteroatoms. The predicted molar refractivity (Wildman–Crippen MR) is 36.8 cm³/mol. The second kappa shape index (κ2) is 2.78. The number of halogens is 2. The molecule has 54 valence electrons. The van der Waals surface area contributed by atoms with Gasteiger partial charge >= 0.3 is 0 Å². The first-order chi connectivity index (χ1) is 4.72. The third-order valence-corrected chi connectivity index (χ3v) is 1.41. The molecule has 0 heterocycles. The average Bonchev–Trinajstić information content (AvgIpc) is 2.04. The maximum atomic E-state index is 12.6. The Kier molecular flexibility index (Phi) is 2.00. The van der Waals surface area contributed by atoms with Crippen molar-refractivity contribution in [3.05, 3.63) is 35.5 Å². The molecule has 0 bridgehead atoms. The normalized spacial score (nSPS) is 18.9. The number of hydrogen-bond donors (Lipinski definition) is 0. The van der Waals surface area contributed by atoms with E-state index in [1.165, 1.54) is 19.1 Å². The molecule has 1 rings (SSSR count). The van der Waals surface area contributed by atoms with Crippen LogP contribution < -0.4 is 0 Å². The lowest BCUT2D eigenvalue weighted by molar-refractivity contribution is 0.611. The SMILES string of the molecule is CC1=C(F)C=CCC=C1F. The van der Waals surface area contributed by atoms with Gasteiger partial charge in [-0.2, -0.15) is 0 Å². The smallest absolute Gasteiger partial charge is 0.128 e. The van der Waals surface area contributed by atoms with Crippen LogP contribution in [-0.4, -0.2) is 0 Å². The molecule has 10 heavy (non-hydrogen) atoms. The molecule has 0 radical (unpaired) electrons. The van der Waals surface area contributed by atoms with Gasteiger partial charge in [0.1, 0.15) is 11.7 Å². The van der Waals surface area contributed by atoms with Crippen molar-refractivity contribution in [2.45, 2.75) is 13.3 Å². The monoisotopic (exact) mass is 142 g/mol. The quantitative estimate of drug-likeness (QED) is 0.487. The second-order valence-electron chi connectivity index (χ2n) is 2.16. The van der Waals surface area contributed by atoms with Gasteiger partial charge in [0.15, 0.2) is 0 Å². The average molecular weight is 142 g/mol. The summed E-state index contributed by atoms with van der Waals surface area (Å²) in [6.45, 7) is 1.43. The summed E-state index contributed by atoms with van der Waals surface area (Å²) >= 11 is 0. The van der Waals surface area contributed by atoms with E-state index in [0.29, 0.717) is 6.42 Å². The second-order valence-corrected chi connectivity index (χ2v) is 2.16. The maximum Gasteiger partial charge on any atom is 0.128 e. The summed E-state index contributed by atoms with van der Waals surface area (Å²) in [5, 5.41) is 0. The fraction of sp³-hybridized carbons (Fsp3) is 0.250. The molecule has 0 amide bonds. The molecule has 1 aliphatic carbocycles. The standard InChI is InChI=1S/C8H8F2/c1-6-7(9)4-2-3-5-8(6)10/h2,4-5H,3H2,1H3. The molecule has 0 aromatic rings. The van der Waals surface area contributed by atoms with Crippen LogP contribution in [0.4, 0.5) is 8.78 Å². The molecule has 0 aromatic carbocycles. The Morgan fingerprint density at radius 1 is 1.40 bits per heavy atom. The van der Waals surface area contributed by atoms with Gasteiger partial charge in [-0.25, -0.2) is 8.78 Å². The van der Waals surface area contributed by atoms with Gasteiger partial charge in [0.05, 0.1) is 0 Å². The van der Waals surface area contributed by atoms with Crippen LogP contribution in [0, 0.1) is 0 Å². The van der Waals surface area contributed by atoms with Crippen LogP contribution >= 0.6 is 0 Å². The van der Waals surface area contributed by atoms with Gasteiger partial charge in [-0.1, -0.05) is 6.08 Å². The summed E-state index contributed by atoms with van der Waals surface area (Å²) in [5.74, 6) is -0.936. The van der Waals surface area contributed by atoms with Crippen LogP contribution in [-0.2, 0) is 0 Å². The lowest BCUT2D eigenvalue weighted by atomic mass is 10.2. The van der Waals surface area contributed by atoms with E-state index >= 15 is 0 Å². The van der Waals surface area contributed by atoms with Crippen molar-refractivity contribution in [1.29, 1.82) is 0 Å². The minimum atomic E-state index is -0.480. The van der Waals surface area contributed by atoms with Crippen LogP contribution in [0.15, 0.2) is 35.5 Å². The molecule has 0 fully saturated rings. The van der Waals surface area contributed by atoms with Gasteiger partial charge in [0, 0.05) is 5.57 Å². The van der Waals surface area contributed by atoms with Crippen molar-refractivity contribution in [2.24, 2.45) is 0 Å². The topological polar surface area (TPSA) is 0 Å². The Bertz CT molecular complexity index is 221. The number of hydrogen-bond acceptors (Lipinski definition) is 0. The molecule has 0 N–H and O–H groups in total. The van der Waals surface area contributed by atoms with E-state index < -0.39 is 11.7 Å². The van der Waals surface area contributed by atoms with Crippen molar-refractivity contribution in [2.75, 3.05) is 0 Å². The van der Waals surface area contributed by atoms with E-state index in [1.54, 1.807) is 6.08 Å². The first kappa shape index (κ1) is 7.19. The van der Waals surface area contributed by atoms with Crippen molar-refractivity contribution in [3.63, 3.8) is 0 Å². The van der Waals surface area contributed by atoms with E-state index in [1.807, 2.05) is 0 Å². The summed E-state index contributed by atoms with van der Waals surface area (Å²) < 4.78 is 25.2. The van der Waals surface area contributed by atoms with Crippen LogP contribution in [0.5, 0.6) is 0 Å². The molecule has 1 aliphatic rings. The third-order valence-electron chi connectivity index (χ3n) is 1.41. The summed E-state index contributed by atoms with van der Waals surface area (Å²) in [5.41, 5.74) is 0.0914. The Balaban J connectivity index is 3.02. The lowest BCUT2D eigenvalue weighted by Gasteiger charge is -1.93. The molecule has 0 aliphatic heterocycles. The van der Waals surface area contributed by atoms with Crippen molar-refractivity contribution in [3.8, 4) is 0 Å². The van der Waals surface area contributed by atoms with Gasteiger partial charge in [-0.05, 0) is 25.5 Å². The van der Waals surface area contributed by atoms with E-state index in [2.05, 4.69) is 0 Å². The Labute approximate surface area is 58.6 Å². The Hall–Kier alpha value is -0.920. The fourth-order valence-electron chi connectivity index (χ4n) is 0.735. The third kappa shape index (κ3) is 1.32. The summed E-state index contributed by atoms with van der Waals surface area (Å²) in [7, 11) is 0. The van der Waals surface area contributed by atoms with E-state index in [0.717, 1.165) is 0 Å². The molecular formula is C8H8F2. The molecule has 0 atom stereocenters. The molecule has 0 saturated carbocycles. The van der Waals surface area contributed by atoms with Gasteiger partial charge in [0.2, 0.25) is 0 Å². The van der Waals surface area contributed by atoms with Gasteiger partial charge in [-0.15, -0.1) is 0 Å². The van der Waals surface area contributed by atoms with Crippen LogP contribution in [0.3, 0.4) is 0 Å². The zero-order valence-electron chi connectivity index (χ0n) is 5.70. The largest absolute Gasteiger partial charge is 0.207 e. The zero-order chi connectivity index (χ0) is 7.56. The summed E-state index contributed by atoms with van der Waals surface area (Å²) in [4.78, 5) is 0. The Morgan fingerprint density at radius 3 is 2.80 bits per heavy atom. The van der Waals surface area contributed by atoms with E-state index in [4.69, 9.17) is 0 Å². The van der Waals surface area contributed by atoms with Crippen molar-refractivity contribution in [1.82, 2.24) is 0 Å². The molecule has 0 spiro atoms. The first-order valence-electron chi connectivity index (χ1n) is 3.11. The van der Waals surface area contributed by atoms with Crippen LogP contribution in [0.1, 0.15) is 13.3 Å². The Morgan fingerprint density at radius 2 is 2.10 bits per heavy atom. The zero-order valence-corrected chi connectivity index (χ0v) is 5.70. The van der Waals surface area contributed by atoms with Gasteiger partial charge in [-0.3, -0.25) is 0 Å². The summed E-state index contributed by atoms with van der Waals surface area (Å²) in [6.07, 6.45) is 4.71. The fourth-order valence-corrected chi connectivity index (χ4v) is 0.735. The highest BCUT2D eigenvalue weighted by Crippen LogP contribution is 2.20. The minimum Gasteiger partial charge on any atom is -0.207 e. The number of allylic oxidation sites excluding steroid dienone is 6. The van der Waals surface area contributed by atoms with Gasteiger partial charge < -0.3 is 0 Å². The molecule has 0 nitrogen and oxygen atoms in total. The van der Waals surface area contributed by atoms with Crippen LogP contribution in [0.25, 0.3) is 0 Å². The van der Waals surface area contributed by atoms with Crippen LogP contribution in [0.2, 0.25) is 0 Å². The highest BCUT2D eigenvalue weighted by atomic mass is 19.1. The van der Waals surface area contributed by atoms with E-state index in [9.17, 15) is 8.78 Å².